The molecule has 0 bridgehead atoms. The van der Waals surface area contributed by atoms with Crippen molar-refractivity contribution in [2.75, 3.05) is 5.32 Å². The zero-order valence-corrected chi connectivity index (χ0v) is 13.6. The van der Waals surface area contributed by atoms with Gasteiger partial charge in [0.05, 0.1) is 33.7 Å². The van der Waals surface area contributed by atoms with Crippen molar-refractivity contribution < 1.29 is 0 Å². The Bertz CT molecular complexity index is 853. The molecule has 3 N–H and O–H groups in total. The lowest BCUT2D eigenvalue weighted by Crippen LogP contribution is -2.13. The highest BCUT2D eigenvalue weighted by Gasteiger charge is 2.18. The highest BCUT2D eigenvalue weighted by molar-refractivity contribution is 7.80. The molecule has 0 aliphatic carbocycles. The minimum atomic E-state index is 0.280. The maximum Gasteiger partial charge on any atom is 0.139 e. The van der Waals surface area contributed by atoms with Crippen molar-refractivity contribution in [2.24, 2.45) is 12.8 Å². The Hall–Kier alpha value is -1.77. The number of benzene rings is 1. The van der Waals surface area contributed by atoms with Crippen molar-refractivity contribution >= 4 is 63.1 Å². The van der Waals surface area contributed by atoms with E-state index < -0.39 is 0 Å². The summed E-state index contributed by atoms with van der Waals surface area (Å²) >= 11 is 12.5. The molecule has 1 aromatic carbocycles. The van der Waals surface area contributed by atoms with Crippen LogP contribution in [0, 0.1) is 6.92 Å². The summed E-state index contributed by atoms with van der Waals surface area (Å²) in [5.74, 6) is 0.683. The van der Waals surface area contributed by atoms with E-state index in [2.05, 4.69) is 19.2 Å². The zero-order chi connectivity index (χ0) is 15.1. The van der Waals surface area contributed by atoms with Crippen molar-refractivity contribution in [3.8, 4) is 0 Å². The van der Waals surface area contributed by atoms with E-state index in [1.807, 2.05) is 20.0 Å². The summed E-state index contributed by atoms with van der Waals surface area (Å²) in [6.07, 6.45) is 0. The van der Waals surface area contributed by atoms with E-state index in [-0.39, 0.29) is 4.99 Å². The number of aromatic nitrogens is 4. The number of nitrogens with zero attached hydrogens (tertiary/aromatic N) is 4. The van der Waals surface area contributed by atoms with Crippen LogP contribution in [0.3, 0.4) is 0 Å². The molecule has 108 valence electrons. The summed E-state index contributed by atoms with van der Waals surface area (Å²) in [7, 11) is 1.81. The molecule has 0 atom stereocenters. The number of nitrogens with one attached hydrogen (secondary N) is 1. The van der Waals surface area contributed by atoms with Crippen LogP contribution in [0.1, 0.15) is 11.3 Å². The van der Waals surface area contributed by atoms with Crippen molar-refractivity contribution in [1.29, 1.82) is 0 Å². The lowest BCUT2D eigenvalue weighted by atomic mass is 10.2. The van der Waals surface area contributed by atoms with Crippen LogP contribution in [-0.4, -0.2) is 23.5 Å². The summed E-state index contributed by atoms with van der Waals surface area (Å²) in [6.45, 7) is 1.85. The van der Waals surface area contributed by atoms with Crippen LogP contribution in [0.2, 0.25) is 5.02 Å². The van der Waals surface area contributed by atoms with Crippen LogP contribution >= 0.6 is 35.5 Å². The summed E-state index contributed by atoms with van der Waals surface area (Å²) < 4.78 is 10.2. The van der Waals surface area contributed by atoms with Crippen molar-refractivity contribution in [1.82, 2.24) is 18.5 Å². The first kappa shape index (κ1) is 14.2. The fourth-order valence-electron chi connectivity index (χ4n) is 2.16. The normalized spacial score (nSPS) is 11.0. The van der Waals surface area contributed by atoms with Crippen molar-refractivity contribution in [2.45, 2.75) is 6.92 Å². The number of nitrogens with two attached hydrogens (primary N) is 1. The molecule has 2 heterocycles. The Morgan fingerprint density at radius 3 is 2.90 bits per heavy atom. The van der Waals surface area contributed by atoms with Gasteiger partial charge in [-0.05, 0) is 19.1 Å². The van der Waals surface area contributed by atoms with Gasteiger partial charge in [-0.2, -0.15) is 13.8 Å². The summed E-state index contributed by atoms with van der Waals surface area (Å²) in [5, 5.41) is 8.13. The highest BCUT2D eigenvalue weighted by Crippen LogP contribution is 2.33. The smallest absolute Gasteiger partial charge is 0.139 e. The second kappa shape index (κ2) is 5.21. The third kappa shape index (κ3) is 2.35. The van der Waals surface area contributed by atoms with Crippen LogP contribution in [-0.2, 0) is 7.05 Å². The molecular formula is C12H11ClN6S2. The first-order valence-corrected chi connectivity index (χ1v) is 7.52. The fourth-order valence-corrected chi connectivity index (χ4v) is 3.15. The van der Waals surface area contributed by atoms with E-state index in [1.54, 1.807) is 10.7 Å². The summed E-state index contributed by atoms with van der Waals surface area (Å²) in [5.41, 5.74) is 9.41. The monoisotopic (exact) mass is 338 g/mol. The molecule has 0 radical (unpaired) electrons. The van der Waals surface area contributed by atoms with Crippen LogP contribution < -0.4 is 11.1 Å². The van der Waals surface area contributed by atoms with Gasteiger partial charge in [0, 0.05) is 7.05 Å². The molecule has 0 aliphatic rings. The van der Waals surface area contributed by atoms with Gasteiger partial charge in [0.25, 0.3) is 0 Å². The third-order valence-corrected chi connectivity index (χ3v) is 4.15. The maximum absolute atomic E-state index is 6.28. The molecule has 2 aromatic heterocycles. The molecule has 0 fully saturated rings. The average Bonchev–Trinajstić information content (AvgIpc) is 2.97. The van der Waals surface area contributed by atoms with Crippen LogP contribution in [0.4, 0.5) is 11.5 Å². The maximum atomic E-state index is 6.28. The molecule has 0 unspecified atom stereocenters. The molecular weight excluding hydrogens is 328 g/mol. The molecule has 0 amide bonds. The zero-order valence-electron chi connectivity index (χ0n) is 11.2. The van der Waals surface area contributed by atoms with Gasteiger partial charge >= 0.3 is 0 Å². The Labute approximate surface area is 135 Å². The topological polar surface area (TPSA) is 81.7 Å². The Morgan fingerprint density at radius 2 is 2.19 bits per heavy atom. The molecule has 0 saturated heterocycles. The Morgan fingerprint density at radius 1 is 1.43 bits per heavy atom. The van der Waals surface area contributed by atoms with Gasteiger partial charge in [-0.15, -0.1) is 0 Å². The average molecular weight is 339 g/mol. The van der Waals surface area contributed by atoms with E-state index in [4.69, 9.17) is 29.6 Å². The molecule has 3 aromatic rings. The number of aryl methyl sites for hydroxylation is 2. The van der Waals surface area contributed by atoms with E-state index in [0.29, 0.717) is 27.6 Å². The van der Waals surface area contributed by atoms with Gasteiger partial charge in [-0.1, -0.05) is 23.8 Å². The third-order valence-electron chi connectivity index (χ3n) is 3.09. The van der Waals surface area contributed by atoms with E-state index in [9.17, 15) is 0 Å². The molecule has 0 aliphatic heterocycles. The molecule has 21 heavy (non-hydrogen) atoms. The first-order chi connectivity index (χ1) is 9.99. The number of thiocarbonyl (C=S) groups is 1. The second-order valence-corrected chi connectivity index (χ2v) is 5.85. The minimum Gasteiger partial charge on any atom is -0.389 e. The standard InChI is InChI=1S/C12H11ClN6S2/c1-5-8(11(14)20)12(19(2)16-5)15-9-6(13)3-4-7-10(9)18-21-17-7/h3-4,15H,1-2H3,(H2,14,20). The number of halogens is 1. The lowest BCUT2D eigenvalue weighted by Gasteiger charge is -2.11. The predicted octanol–water partition coefficient (Wildman–Crippen LogP) is 2.76. The number of rotatable bonds is 3. The molecule has 9 heteroatoms. The van der Waals surface area contributed by atoms with Gasteiger partial charge in [0.2, 0.25) is 0 Å². The van der Waals surface area contributed by atoms with Crippen LogP contribution in [0.5, 0.6) is 0 Å². The van der Waals surface area contributed by atoms with Gasteiger partial charge in [0.15, 0.2) is 0 Å². The SMILES string of the molecule is Cc1nn(C)c(Nc2c(Cl)ccc3nsnc23)c1C(N)=S. The molecule has 3 rings (SSSR count). The van der Waals surface area contributed by atoms with E-state index >= 15 is 0 Å². The fraction of sp³-hybridized carbons (Fsp3) is 0.167. The highest BCUT2D eigenvalue weighted by atomic mass is 35.5. The first-order valence-electron chi connectivity index (χ1n) is 6.00. The van der Waals surface area contributed by atoms with Crippen LogP contribution in [0.15, 0.2) is 12.1 Å². The number of anilines is 2. The number of hydrogen-bond donors (Lipinski definition) is 2. The van der Waals surface area contributed by atoms with Gasteiger partial charge in [0.1, 0.15) is 21.8 Å². The van der Waals surface area contributed by atoms with E-state index in [0.717, 1.165) is 22.9 Å². The molecule has 6 nitrogen and oxygen atoms in total. The quantitative estimate of drug-likeness (QED) is 0.715. The minimum absolute atomic E-state index is 0.280. The van der Waals surface area contributed by atoms with Gasteiger partial charge < -0.3 is 11.1 Å². The van der Waals surface area contributed by atoms with Gasteiger partial charge in [-0.3, -0.25) is 4.68 Å². The number of hydrogen-bond acceptors (Lipinski definition) is 6. The summed E-state index contributed by atoms with van der Waals surface area (Å²) in [6, 6.07) is 3.60. The van der Waals surface area contributed by atoms with Gasteiger partial charge in [-0.25, -0.2) is 0 Å². The van der Waals surface area contributed by atoms with Crippen molar-refractivity contribution in [3.63, 3.8) is 0 Å². The molecule has 0 spiro atoms. The van der Waals surface area contributed by atoms with E-state index in [1.165, 1.54) is 0 Å². The summed E-state index contributed by atoms with van der Waals surface area (Å²) in [4.78, 5) is 0.280. The Kier molecular flexibility index (Phi) is 3.52. The predicted molar refractivity (Wildman–Crippen MR) is 89.5 cm³/mol. The van der Waals surface area contributed by atoms with Crippen LogP contribution in [0.25, 0.3) is 11.0 Å². The largest absolute Gasteiger partial charge is 0.389 e. The van der Waals surface area contributed by atoms with Crippen molar-refractivity contribution in [3.05, 3.63) is 28.4 Å². The lowest BCUT2D eigenvalue weighted by molar-refractivity contribution is 0.765. The Balaban J connectivity index is 2.17. The second-order valence-electron chi connectivity index (χ2n) is 4.48. The number of fused-ring (bicyclic) bond motifs is 1. The molecule has 0 saturated carbocycles.